The summed E-state index contributed by atoms with van der Waals surface area (Å²) in [6.07, 6.45) is 4.88. The molecule has 0 aromatic heterocycles. The van der Waals surface area contributed by atoms with E-state index in [1.54, 1.807) is 0 Å². The second kappa shape index (κ2) is 9.20. The van der Waals surface area contributed by atoms with Gasteiger partial charge in [0.25, 0.3) is 0 Å². The number of rotatable bonds is 9. The Hall–Kier alpha value is -0.860. The van der Waals surface area contributed by atoms with Gasteiger partial charge in [0, 0.05) is 6.04 Å². The fraction of sp³-hybridized carbons (Fsp3) is 0.600. The highest BCUT2D eigenvalue weighted by Crippen LogP contribution is 2.00. The van der Waals surface area contributed by atoms with E-state index in [0.717, 1.165) is 19.5 Å². The summed E-state index contributed by atoms with van der Waals surface area (Å²) in [5, 5.41) is 6.89. The van der Waals surface area contributed by atoms with Crippen LogP contribution in [0.25, 0.3) is 0 Å². The standard InChI is InChI=1S/C15H26N2/c1-3-7-15(16-2)11-13-17-12-10-14-8-5-4-6-9-14/h4-6,8-9,15-17H,3,7,10-13H2,1-2H3. The Kier molecular flexibility index (Phi) is 7.69. The van der Waals surface area contributed by atoms with Crippen LogP contribution in [0.5, 0.6) is 0 Å². The van der Waals surface area contributed by atoms with Crippen molar-refractivity contribution in [3.05, 3.63) is 35.9 Å². The van der Waals surface area contributed by atoms with E-state index in [0.29, 0.717) is 6.04 Å². The third-order valence-electron chi connectivity index (χ3n) is 3.15. The zero-order valence-electron chi connectivity index (χ0n) is 11.2. The Morgan fingerprint density at radius 2 is 1.82 bits per heavy atom. The van der Waals surface area contributed by atoms with Crippen molar-refractivity contribution in [2.45, 2.75) is 38.6 Å². The van der Waals surface area contributed by atoms with E-state index in [9.17, 15) is 0 Å². The van der Waals surface area contributed by atoms with Crippen LogP contribution in [0.2, 0.25) is 0 Å². The van der Waals surface area contributed by atoms with Crippen molar-refractivity contribution < 1.29 is 0 Å². The second-order valence-corrected chi connectivity index (χ2v) is 4.55. The molecular weight excluding hydrogens is 208 g/mol. The van der Waals surface area contributed by atoms with Crippen LogP contribution in [-0.4, -0.2) is 26.2 Å². The van der Waals surface area contributed by atoms with Crippen molar-refractivity contribution in [1.29, 1.82) is 0 Å². The van der Waals surface area contributed by atoms with Gasteiger partial charge in [0.1, 0.15) is 0 Å². The van der Waals surface area contributed by atoms with Gasteiger partial charge in [-0.1, -0.05) is 43.7 Å². The van der Waals surface area contributed by atoms with Gasteiger partial charge < -0.3 is 10.6 Å². The highest BCUT2D eigenvalue weighted by atomic mass is 14.9. The second-order valence-electron chi connectivity index (χ2n) is 4.55. The predicted octanol–water partition coefficient (Wildman–Crippen LogP) is 2.60. The number of hydrogen-bond donors (Lipinski definition) is 2. The molecular formula is C15H26N2. The Labute approximate surface area is 106 Å². The van der Waals surface area contributed by atoms with Crippen molar-refractivity contribution in [2.24, 2.45) is 0 Å². The van der Waals surface area contributed by atoms with Crippen molar-refractivity contribution in [1.82, 2.24) is 10.6 Å². The van der Waals surface area contributed by atoms with Crippen LogP contribution in [0.4, 0.5) is 0 Å². The van der Waals surface area contributed by atoms with Crippen LogP contribution in [0, 0.1) is 0 Å². The van der Waals surface area contributed by atoms with Crippen LogP contribution in [0.3, 0.4) is 0 Å². The molecule has 2 nitrogen and oxygen atoms in total. The van der Waals surface area contributed by atoms with Gasteiger partial charge in [-0.15, -0.1) is 0 Å². The summed E-state index contributed by atoms with van der Waals surface area (Å²) in [6, 6.07) is 11.3. The molecule has 0 heterocycles. The maximum Gasteiger partial charge on any atom is 0.00760 e. The molecule has 2 heteroatoms. The summed E-state index contributed by atoms with van der Waals surface area (Å²) in [5.74, 6) is 0. The molecule has 1 rings (SSSR count). The molecule has 0 spiro atoms. The molecule has 1 aromatic carbocycles. The lowest BCUT2D eigenvalue weighted by Gasteiger charge is -2.15. The molecule has 0 aliphatic carbocycles. The highest BCUT2D eigenvalue weighted by Gasteiger charge is 2.03. The zero-order valence-corrected chi connectivity index (χ0v) is 11.2. The fourth-order valence-corrected chi connectivity index (χ4v) is 2.06. The Balaban J connectivity index is 2.04. The molecule has 1 unspecified atom stereocenters. The summed E-state index contributed by atoms with van der Waals surface area (Å²) in [6.45, 7) is 4.43. The Morgan fingerprint density at radius 1 is 1.06 bits per heavy atom. The quantitative estimate of drug-likeness (QED) is 0.642. The summed E-state index contributed by atoms with van der Waals surface area (Å²) in [4.78, 5) is 0. The van der Waals surface area contributed by atoms with E-state index in [-0.39, 0.29) is 0 Å². The first-order valence-corrected chi connectivity index (χ1v) is 6.78. The molecule has 0 saturated heterocycles. The van der Waals surface area contributed by atoms with Crippen molar-refractivity contribution in [2.75, 3.05) is 20.1 Å². The van der Waals surface area contributed by atoms with Crippen LogP contribution in [-0.2, 0) is 6.42 Å². The summed E-state index contributed by atoms with van der Waals surface area (Å²) in [7, 11) is 2.06. The van der Waals surface area contributed by atoms with E-state index >= 15 is 0 Å². The number of nitrogens with one attached hydrogen (secondary N) is 2. The molecule has 1 aromatic rings. The van der Waals surface area contributed by atoms with Crippen LogP contribution in [0.1, 0.15) is 31.7 Å². The average Bonchev–Trinajstić information content (AvgIpc) is 2.38. The first-order valence-electron chi connectivity index (χ1n) is 6.78. The average molecular weight is 234 g/mol. The Bertz CT molecular complexity index is 272. The predicted molar refractivity (Wildman–Crippen MR) is 75.4 cm³/mol. The maximum absolute atomic E-state index is 3.52. The number of benzene rings is 1. The van der Waals surface area contributed by atoms with Gasteiger partial charge in [-0.3, -0.25) is 0 Å². The molecule has 17 heavy (non-hydrogen) atoms. The van der Waals surface area contributed by atoms with E-state index in [2.05, 4.69) is 54.9 Å². The normalized spacial score (nSPS) is 12.6. The topological polar surface area (TPSA) is 24.1 Å². The van der Waals surface area contributed by atoms with Crippen LogP contribution in [0.15, 0.2) is 30.3 Å². The van der Waals surface area contributed by atoms with Crippen molar-refractivity contribution in [3.63, 3.8) is 0 Å². The first kappa shape index (κ1) is 14.2. The molecule has 0 aliphatic heterocycles. The fourth-order valence-electron chi connectivity index (χ4n) is 2.06. The molecule has 0 bridgehead atoms. The van der Waals surface area contributed by atoms with Gasteiger partial charge >= 0.3 is 0 Å². The molecule has 1 atom stereocenters. The summed E-state index contributed by atoms with van der Waals surface area (Å²) in [5.41, 5.74) is 1.42. The van der Waals surface area contributed by atoms with E-state index < -0.39 is 0 Å². The molecule has 0 fully saturated rings. The largest absolute Gasteiger partial charge is 0.317 e. The molecule has 0 amide bonds. The monoisotopic (exact) mass is 234 g/mol. The van der Waals surface area contributed by atoms with Gasteiger partial charge in [-0.25, -0.2) is 0 Å². The lowest BCUT2D eigenvalue weighted by Crippen LogP contribution is -2.30. The van der Waals surface area contributed by atoms with E-state index in [1.165, 1.54) is 24.8 Å². The molecule has 0 radical (unpaired) electrons. The number of hydrogen-bond acceptors (Lipinski definition) is 2. The van der Waals surface area contributed by atoms with E-state index in [4.69, 9.17) is 0 Å². The molecule has 2 N–H and O–H groups in total. The maximum atomic E-state index is 3.52. The third-order valence-corrected chi connectivity index (χ3v) is 3.15. The minimum absolute atomic E-state index is 0.671. The van der Waals surface area contributed by atoms with Gasteiger partial charge in [0.15, 0.2) is 0 Å². The Morgan fingerprint density at radius 3 is 2.47 bits per heavy atom. The summed E-state index contributed by atoms with van der Waals surface area (Å²) >= 11 is 0. The van der Waals surface area contributed by atoms with Crippen molar-refractivity contribution >= 4 is 0 Å². The third kappa shape index (κ3) is 6.44. The summed E-state index contributed by atoms with van der Waals surface area (Å²) < 4.78 is 0. The van der Waals surface area contributed by atoms with Crippen LogP contribution >= 0.6 is 0 Å². The lowest BCUT2D eigenvalue weighted by molar-refractivity contribution is 0.467. The van der Waals surface area contributed by atoms with E-state index in [1.807, 2.05) is 0 Å². The van der Waals surface area contributed by atoms with Gasteiger partial charge in [0.2, 0.25) is 0 Å². The van der Waals surface area contributed by atoms with Gasteiger partial charge in [0.05, 0.1) is 0 Å². The molecule has 96 valence electrons. The van der Waals surface area contributed by atoms with Gasteiger partial charge in [-0.2, -0.15) is 0 Å². The minimum Gasteiger partial charge on any atom is -0.317 e. The van der Waals surface area contributed by atoms with Crippen molar-refractivity contribution in [3.8, 4) is 0 Å². The lowest BCUT2D eigenvalue weighted by atomic mass is 10.1. The van der Waals surface area contributed by atoms with Crippen LogP contribution < -0.4 is 10.6 Å². The minimum atomic E-state index is 0.671. The SMILES string of the molecule is CCCC(CCNCCc1ccccc1)NC. The first-order chi connectivity index (χ1) is 8.36. The molecule has 0 aliphatic rings. The molecule has 0 saturated carbocycles. The smallest absolute Gasteiger partial charge is 0.00760 e. The van der Waals surface area contributed by atoms with Gasteiger partial charge in [-0.05, 0) is 45.0 Å². The highest BCUT2D eigenvalue weighted by molar-refractivity contribution is 5.14. The zero-order chi connectivity index (χ0) is 12.3.